The van der Waals surface area contributed by atoms with Gasteiger partial charge in [0.1, 0.15) is 0 Å². The normalized spacial score (nSPS) is 12.5. The fourth-order valence-electron chi connectivity index (χ4n) is 12.5. The Bertz CT molecular complexity index is 1260. The van der Waals surface area contributed by atoms with Gasteiger partial charge in [-0.2, -0.15) is 0 Å². The Kier molecular flexibility index (Phi) is 71.8. The van der Waals surface area contributed by atoms with Crippen LogP contribution in [-0.4, -0.2) is 47.4 Å². The van der Waals surface area contributed by atoms with Crippen LogP contribution in [0.4, 0.5) is 0 Å². The summed E-state index contributed by atoms with van der Waals surface area (Å²) in [6.45, 7) is 4.96. The Morgan fingerprint density at radius 2 is 0.554 bits per heavy atom. The molecule has 0 rings (SSSR count). The molecule has 2 unspecified atom stereocenters. The van der Waals surface area contributed by atoms with Crippen molar-refractivity contribution in [3.8, 4) is 0 Å². The average Bonchev–Trinajstić information content (AvgIpc) is 3.49. The zero-order valence-corrected chi connectivity index (χ0v) is 56.7. The van der Waals surface area contributed by atoms with Gasteiger partial charge in [-0.1, -0.05) is 411 Å². The van der Waals surface area contributed by atoms with E-state index in [4.69, 9.17) is 4.74 Å². The van der Waals surface area contributed by atoms with Gasteiger partial charge >= 0.3 is 5.97 Å². The van der Waals surface area contributed by atoms with Crippen LogP contribution >= 0.6 is 0 Å². The van der Waals surface area contributed by atoms with Crippen LogP contribution in [0.2, 0.25) is 0 Å². The largest absolute Gasteiger partial charge is 0.466 e. The Balaban J connectivity index is 3.35. The summed E-state index contributed by atoms with van der Waals surface area (Å²) in [7, 11) is 0. The second kappa shape index (κ2) is 73.1. The number of carbonyl (C=O) groups excluding carboxylic acids is 2. The van der Waals surface area contributed by atoms with Gasteiger partial charge in [0, 0.05) is 12.8 Å². The van der Waals surface area contributed by atoms with Gasteiger partial charge in [-0.15, -0.1) is 0 Å². The molecule has 0 aliphatic carbocycles. The van der Waals surface area contributed by atoms with Gasteiger partial charge in [-0.05, 0) is 32.1 Å². The molecular weight excluding hydrogens is 1020 g/mol. The number of nitrogens with one attached hydrogen (secondary N) is 1. The standard InChI is InChI=1S/C77H151NO5/c1-3-5-7-9-11-13-15-17-18-19-20-21-31-34-37-40-43-46-49-53-57-61-65-69-75(80)74(73-79)78-76(81)70-66-62-58-54-50-47-44-41-38-35-32-29-27-25-23-22-24-26-28-30-33-36-39-42-45-48-52-56-60-64-68-72-83-77(82)71-67-63-59-55-51-16-14-12-10-8-6-4-2/h65,69,74-75,79-80H,3-64,66-68,70-73H2,1-2H3,(H,78,81)/b69-65+. The topological polar surface area (TPSA) is 95.9 Å². The van der Waals surface area contributed by atoms with Crippen LogP contribution < -0.4 is 5.32 Å². The van der Waals surface area contributed by atoms with E-state index < -0.39 is 12.1 Å². The van der Waals surface area contributed by atoms with E-state index in [0.717, 1.165) is 38.5 Å². The molecule has 0 aromatic heterocycles. The molecule has 1 amide bonds. The average molecular weight is 1170 g/mol. The number of carbonyl (C=O) groups is 2. The zero-order valence-electron chi connectivity index (χ0n) is 56.7. The van der Waals surface area contributed by atoms with Crippen molar-refractivity contribution < 1.29 is 24.5 Å². The quantitative estimate of drug-likeness (QED) is 0.0320. The molecule has 2 atom stereocenters. The monoisotopic (exact) mass is 1170 g/mol. The van der Waals surface area contributed by atoms with E-state index in [1.54, 1.807) is 6.08 Å². The number of rotatable bonds is 73. The number of hydrogen-bond donors (Lipinski definition) is 3. The third kappa shape index (κ3) is 69.6. The molecule has 0 fully saturated rings. The van der Waals surface area contributed by atoms with Crippen molar-refractivity contribution in [3.05, 3.63) is 12.2 Å². The lowest BCUT2D eigenvalue weighted by Gasteiger charge is -2.20. The second-order valence-electron chi connectivity index (χ2n) is 26.7. The van der Waals surface area contributed by atoms with E-state index >= 15 is 0 Å². The molecule has 0 saturated heterocycles. The lowest BCUT2D eigenvalue weighted by molar-refractivity contribution is -0.143. The van der Waals surface area contributed by atoms with E-state index in [-0.39, 0.29) is 18.5 Å². The summed E-state index contributed by atoms with van der Waals surface area (Å²) in [6, 6.07) is -0.625. The van der Waals surface area contributed by atoms with Gasteiger partial charge in [-0.3, -0.25) is 9.59 Å². The highest BCUT2D eigenvalue weighted by Gasteiger charge is 2.18. The molecule has 83 heavy (non-hydrogen) atoms. The molecule has 0 aromatic rings. The van der Waals surface area contributed by atoms with Gasteiger partial charge in [0.15, 0.2) is 0 Å². The minimum atomic E-state index is -0.842. The van der Waals surface area contributed by atoms with E-state index in [0.29, 0.717) is 19.4 Å². The minimum Gasteiger partial charge on any atom is -0.466 e. The van der Waals surface area contributed by atoms with E-state index in [2.05, 4.69) is 19.2 Å². The first kappa shape index (κ1) is 81.6. The molecule has 6 nitrogen and oxygen atoms in total. The summed E-state index contributed by atoms with van der Waals surface area (Å²) in [5.41, 5.74) is 0. The van der Waals surface area contributed by atoms with Gasteiger partial charge < -0.3 is 20.3 Å². The molecule has 0 radical (unpaired) electrons. The molecule has 0 aromatic carbocycles. The van der Waals surface area contributed by atoms with Gasteiger partial charge in [-0.25, -0.2) is 0 Å². The molecule has 6 heteroatoms. The van der Waals surface area contributed by atoms with Gasteiger partial charge in [0.2, 0.25) is 5.91 Å². The fraction of sp³-hybridized carbons (Fsp3) is 0.948. The third-order valence-electron chi connectivity index (χ3n) is 18.3. The zero-order chi connectivity index (χ0) is 59.9. The van der Waals surface area contributed by atoms with Gasteiger partial charge in [0.05, 0.1) is 25.4 Å². The van der Waals surface area contributed by atoms with E-state index in [1.807, 2.05) is 6.08 Å². The SMILES string of the molecule is CCCCCCCCCCCCCCCCCCCCCCC/C=C/C(O)C(CO)NC(=O)CCCCCCCCCCCCCCCCCCCCCCCCCCCCCCCCCOC(=O)CCCCCCCCCCCCCC. The van der Waals surface area contributed by atoms with Gasteiger partial charge in [0.25, 0.3) is 0 Å². The Morgan fingerprint density at radius 1 is 0.325 bits per heavy atom. The van der Waals surface area contributed by atoms with Crippen LogP contribution in [0.25, 0.3) is 0 Å². The summed E-state index contributed by atoms with van der Waals surface area (Å²) in [5, 5.41) is 23.3. The lowest BCUT2D eigenvalue weighted by atomic mass is 10.0. The van der Waals surface area contributed by atoms with E-state index in [9.17, 15) is 19.8 Å². The van der Waals surface area contributed by atoms with Crippen LogP contribution in [-0.2, 0) is 14.3 Å². The first-order valence-corrected chi connectivity index (χ1v) is 38.5. The number of aliphatic hydroxyl groups is 2. The number of esters is 1. The second-order valence-corrected chi connectivity index (χ2v) is 26.7. The van der Waals surface area contributed by atoms with Crippen LogP contribution in [0.5, 0.6) is 0 Å². The van der Waals surface area contributed by atoms with Crippen molar-refractivity contribution in [2.75, 3.05) is 13.2 Å². The number of allylic oxidation sites excluding steroid dienone is 1. The van der Waals surface area contributed by atoms with E-state index in [1.165, 1.54) is 379 Å². The molecular formula is C77H151NO5. The first-order chi connectivity index (χ1) is 41.0. The van der Waals surface area contributed by atoms with Crippen molar-refractivity contribution in [2.45, 2.75) is 456 Å². The maximum atomic E-state index is 12.5. The smallest absolute Gasteiger partial charge is 0.305 e. The number of amides is 1. The van der Waals surface area contributed by atoms with Crippen molar-refractivity contribution in [3.63, 3.8) is 0 Å². The maximum Gasteiger partial charge on any atom is 0.305 e. The molecule has 0 bridgehead atoms. The maximum absolute atomic E-state index is 12.5. The molecule has 3 N–H and O–H groups in total. The molecule has 0 heterocycles. The number of ether oxygens (including phenoxy) is 1. The molecule has 0 aliphatic rings. The van der Waals surface area contributed by atoms with Crippen molar-refractivity contribution >= 4 is 11.9 Å². The summed E-state index contributed by atoms with van der Waals surface area (Å²) in [4.78, 5) is 24.6. The summed E-state index contributed by atoms with van der Waals surface area (Å²) >= 11 is 0. The van der Waals surface area contributed by atoms with Crippen molar-refractivity contribution in [1.29, 1.82) is 0 Å². The number of aliphatic hydroxyl groups excluding tert-OH is 2. The Labute approximate surface area is 520 Å². The summed E-state index contributed by atoms with van der Waals surface area (Å²) in [6.07, 6.45) is 91.8. The van der Waals surface area contributed by atoms with Crippen LogP contribution in [0.15, 0.2) is 12.2 Å². The van der Waals surface area contributed by atoms with Crippen molar-refractivity contribution in [2.24, 2.45) is 0 Å². The predicted molar refractivity (Wildman–Crippen MR) is 366 cm³/mol. The third-order valence-corrected chi connectivity index (χ3v) is 18.3. The first-order valence-electron chi connectivity index (χ1n) is 38.5. The molecule has 0 spiro atoms. The number of hydrogen-bond acceptors (Lipinski definition) is 5. The van der Waals surface area contributed by atoms with Crippen molar-refractivity contribution in [1.82, 2.24) is 5.32 Å². The summed E-state index contributed by atoms with van der Waals surface area (Å²) < 4.78 is 5.49. The highest BCUT2D eigenvalue weighted by molar-refractivity contribution is 5.76. The lowest BCUT2D eigenvalue weighted by Crippen LogP contribution is -2.45. The fourth-order valence-corrected chi connectivity index (χ4v) is 12.5. The molecule has 0 saturated carbocycles. The van der Waals surface area contributed by atoms with Crippen LogP contribution in [0, 0.1) is 0 Å². The Hall–Kier alpha value is -1.40. The van der Waals surface area contributed by atoms with Crippen LogP contribution in [0.3, 0.4) is 0 Å². The minimum absolute atomic E-state index is 0.0222. The summed E-state index contributed by atoms with van der Waals surface area (Å²) in [5.74, 6) is -0.0361. The highest BCUT2D eigenvalue weighted by Crippen LogP contribution is 2.20. The predicted octanol–water partition coefficient (Wildman–Crippen LogP) is 25.1. The highest BCUT2D eigenvalue weighted by atomic mass is 16.5. The molecule has 494 valence electrons. The Morgan fingerprint density at radius 3 is 0.819 bits per heavy atom. The molecule has 0 aliphatic heterocycles. The number of unbranched alkanes of at least 4 members (excludes halogenated alkanes) is 62. The van der Waals surface area contributed by atoms with Crippen LogP contribution in [0.1, 0.15) is 444 Å².